The van der Waals surface area contributed by atoms with Crippen molar-refractivity contribution in [2.45, 2.75) is 0 Å². The molecule has 0 aliphatic heterocycles. The highest BCUT2D eigenvalue weighted by atomic mass is 35.5. The Balaban J connectivity index is 1.86. The van der Waals surface area contributed by atoms with Crippen LogP contribution in [-0.4, -0.2) is 15.6 Å². The van der Waals surface area contributed by atoms with Crippen molar-refractivity contribution < 1.29 is 4.42 Å². The van der Waals surface area contributed by atoms with E-state index in [2.05, 4.69) is 9.98 Å². The number of nitrogens with zero attached hydrogens (tertiary/aromatic N) is 3. The van der Waals surface area contributed by atoms with Crippen molar-refractivity contribution in [3.05, 3.63) is 76.6 Å². The van der Waals surface area contributed by atoms with Gasteiger partial charge in [0, 0.05) is 23.0 Å². The normalized spacial score (nSPS) is 11.6. The van der Waals surface area contributed by atoms with Gasteiger partial charge in [0.25, 0.3) is 0 Å². The van der Waals surface area contributed by atoms with E-state index in [1.807, 2.05) is 47.0 Å². The third-order valence-corrected chi connectivity index (χ3v) is 4.11. The SMILES string of the molecule is Clc1ccc(/C=N/c2c(-c3ccco3)nc3ccccn23)c(Cl)c1. The molecule has 0 spiro atoms. The molecular weight excluding hydrogens is 345 g/mol. The molecule has 0 radical (unpaired) electrons. The Morgan fingerprint density at radius 1 is 1.08 bits per heavy atom. The number of pyridine rings is 1. The fraction of sp³-hybridized carbons (Fsp3) is 0. The quantitative estimate of drug-likeness (QED) is 0.445. The van der Waals surface area contributed by atoms with Gasteiger partial charge in [0.05, 0.1) is 11.3 Å². The summed E-state index contributed by atoms with van der Waals surface area (Å²) in [5.41, 5.74) is 2.24. The Kier molecular flexibility index (Phi) is 3.84. The third-order valence-electron chi connectivity index (χ3n) is 3.55. The van der Waals surface area contributed by atoms with Crippen LogP contribution in [0.3, 0.4) is 0 Å². The molecule has 0 N–H and O–H groups in total. The molecule has 0 aliphatic carbocycles. The zero-order chi connectivity index (χ0) is 16.5. The first-order valence-electron chi connectivity index (χ1n) is 7.22. The highest BCUT2D eigenvalue weighted by Crippen LogP contribution is 2.31. The Labute approximate surface area is 148 Å². The summed E-state index contributed by atoms with van der Waals surface area (Å²) in [6.07, 6.45) is 5.22. The van der Waals surface area contributed by atoms with Gasteiger partial charge in [0.2, 0.25) is 0 Å². The zero-order valence-corrected chi connectivity index (χ0v) is 13.9. The van der Waals surface area contributed by atoms with Gasteiger partial charge in [-0.2, -0.15) is 0 Å². The molecule has 0 atom stereocenters. The van der Waals surface area contributed by atoms with Crippen molar-refractivity contribution in [2.24, 2.45) is 4.99 Å². The molecule has 4 aromatic rings. The lowest BCUT2D eigenvalue weighted by Crippen LogP contribution is -1.86. The van der Waals surface area contributed by atoms with E-state index in [0.29, 0.717) is 27.3 Å². The predicted octanol–water partition coefficient (Wildman–Crippen LogP) is 5.65. The van der Waals surface area contributed by atoms with Crippen LogP contribution < -0.4 is 0 Å². The maximum atomic E-state index is 6.21. The number of fused-ring (bicyclic) bond motifs is 1. The van der Waals surface area contributed by atoms with Crippen LogP contribution in [0.1, 0.15) is 5.56 Å². The Morgan fingerprint density at radius 3 is 2.79 bits per heavy atom. The largest absolute Gasteiger partial charge is 0.463 e. The predicted molar refractivity (Wildman–Crippen MR) is 96.6 cm³/mol. The van der Waals surface area contributed by atoms with Gasteiger partial charge in [-0.15, -0.1) is 0 Å². The summed E-state index contributed by atoms with van der Waals surface area (Å²) in [5, 5.41) is 1.13. The van der Waals surface area contributed by atoms with E-state index in [0.717, 1.165) is 11.2 Å². The molecule has 0 unspecified atom stereocenters. The zero-order valence-electron chi connectivity index (χ0n) is 12.4. The Hall–Kier alpha value is -2.56. The molecule has 6 heteroatoms. The molecule has 0 bridgehead atoms. The lowest BCUT2D eigenvalue weighted by Gasteiger charge is -2.00. The van der Waals surface area contributed by atoms with Crippen LogP contribution in [0.25, 0.3) is 17.1 Å². The van der Waals surface area contributed by atoms with Crippen LogP contribution in [0.2, 0.25) is 10.0 Å². The maximum absolute atomic E-state index is 6.21. The monoisotopic (exact) mass is 355 g/mol. The van der Waals surface area contributed by atoms with Crippen molar-refractivity contribution in [1.82, 2.24) is 9.38 Å². The van der Waals surface area contributed by atoms with Crippen LogP contribution in [0, 0.1) is 0 Å². The van der Waals surface area contributed by atoms with E-state index < -0.39 is 0 Å². The van der Waals surface area contributed by atoms with Crippen LogP contribution in [0.15, 0.2) is 70.4 Å². The maximum Gasteiger partial charge on any atom is 0.168 e. The van der Waals surface area contributed by atoms with Gasteiger partial charge in [-0.05, 0) is 36.4 Å². The van der Waals surface area contributed by atoms with Gasteiger partial charge in [-0.25, -0.2) is 9.98 Å². The van der Waals surface area contributed by atoms with Gasteiger partial charge in [-0.3, -0.25) is 4.40 Å². The van der Waals surface area contributed by atoms with Gasteiger partial charge < -0.3 is 4.42 Å². The van der Waals surface area contributed by atoms with Gasteiger partial charge in [0.1, 0.15) is 5.65 Å². The van der Waals surface area contributed by atoms with Gasteiger partial charge >= 0.3 is 0 Å². The van der Waals surface area contributed by atoms with E-state index >= 15 is 0 Å². The molecule has 24 heavy (non-hydrogen) atoms. The van der Waals surface area contributed by atoms with Crippen molar-refractivity contribution in [1.29, 1.82) is 0 Å². The first-order chi connectivity index (χ1) is 11.7. The number of furan rings is 1. The molecule has 0 saturated carbocycles. The fourth-order valence-electron chi connectivity index (χ4n) is 2.42. The van der Waals surface area contributed by atoms with E-state index in [-0.39, 0.29) is 0 Å². The number of halogens is 2. The minimum Gasteiger partial charge on any atom is -0.463 e. The lowest BCUT2D eigenvalue weighted by molar-refractivity contribution is 0.580. The molecule has 4 rings (SSSR count). The molecule has 118 valence electrons. The summed E-state index contributed by atoms with van der Waals surface area (Å²) in [6.45, 7) is 0. The van der Waals surface area contributed by atoms with Crippen LogP contribution >= 0.6 is 23.2 Å². The number of aromatic nitrogens is 2. The summed E-state index contributed by atoms with van der Waals surface area (Å²) in [6, 6.07) is 14.7. The molecule has 4 nitrogen and oxygen atoms in total. The second kappa shape index (κ2) is 6.15. The van der Waals surface area contributed by atoms with Crippen molar-refractivity contribution >= 4 is 40.9 Å². The van der Waals surface area contributed by atoms with E-state index in [9.17, 15) is 0 Å². The minimum atomic E-state index is 0.541. The summed E-state index contributed by atoms with van der Waals surface area (Å²) in [5.74, 6) is 1.33. The van der Waals surface area contributed by atoms with Crippen molar-refractivity contribution in [3.8, 4) is 11.5 Å². The number of rotatable bonds is 3. The number of benzene rings is 1. The highest BCUT2D eigenvalue weighted by Gasteiger charge is 2.15. The second-order valence-electron chi connectivity index (χ2n) is 5.11. The first kappa shape index (κ1) is 15.0. The number of imidazole rings is 1. The topological polar surface area (TPSA) is 42.8 Å². The fourth-order valence-corrected chi connectivity index (χ4v) is 2.88. The smallest absolute Gasteiger partial charge is 0.168 e. The second-order valence-corrected chi connectivity index (χ2v) is 5.96. The third kappa shape index (κ3) is 2.70. The molecule has 0 amide bonds. The Bertz CT molecular complexity index is 1040. The average molecular weight is 356 g/mol. The van der Waals surface area contributed by atoms with Crippen molar-refractivity contribution in [3.63, 3.8) is 0 Å². The van der Waals surface area contributed by atoms with Crippen LogP contribution in [-0.2, 0) is 0 Å². The van der Waals surface area contributed by atoms with Crippen molar-refractivity contribution in [2.75, 3.05) is 0 Å². The highest BCUT2D eigenvalue weighted by molar-refractivity contribution is 6.36. The first-order valence-corrected chi connectivity index (χ1v) is 7.98. The van der Waals surface area contributed by atoms with E-state index in [1.54, 1.807) is 24.6 Å². The summed E-state index contributed by atoms with van der Waals surface area (Å²) in [4.78, 5) is 9.20. The number of hydrogen-bond acceptors (Lipinski definition) is 3. The van der Waals surface area contributed by atoms with Crippen LogP contribution in [0.5, 0.6) is 0 Å². The molecule has 3 aromatic heterocycles. The molecule has 3 heterocycles. The number of aliphatic imine (C=N–C) groups is 1. The Morgan fingerprint density at radius 2 is 2.00 bits per heavy atom. The summed E-state index contributed by atoms with van der Waals surface area (Å²) < 4.78 is 7.39. The molecular formula is C18H11Cl2N3O. The minimum absolute atomic E-state index is 0.541. The molecule has 0 fully saturated rings. The van der Waals surface area contributed by atoms with Gasteiger partial charge in [-0.1, -0.05) is 35.3 Å². The van der Waals surface area contributed by atoms with Gasteiger partial charge in [0.15, 0.2) is 17.3 Å². The van der Waals surface area contributed by atoms with E-state index in [4.69, 9.17) is 27.6 Å². The summed E-state index contributed by atoms with van der Waals surface area (Å²) in [7, 11) is 0. The average Bonchev–Trinajstić information content (AvgIpc) is 3.21. The standard InChI is InChI=1S/C18H11Cl2N3O/c19-13-7-6-12(14(20)10-13)11-21-18-17(15-4-3-9-24-15)22-16-5-1-2-8-23(16)18/h1-11H/b21-11+. The van der Waals surface area contributed by atoms with Crippen LogP contribution in [0.4, 0.5) is 5.82 Å². The number of hydrogen-bond donors (Lipinski definition) is 0. The van der Waals surface area contributed by atoms with E-state index in [1.165, 1.54) is 0 Å². The lowest BCUT2D eigenvalue weighted by atomic mass is 10.2. The summed E-state index contributed by atoms with van der Waals surface area (Å²) >= 11 is 12.1. The molecule has 0 aliphatic rings. The molecule has 1 aromatic carbocycles. The molecule has 0 saturated heterocycles.